The number of nitrogens with zero attached hydrogens (tertiary/aromatic N) is 6. The van der Waals surface area contributed by atoms with Gasteiger partial charge in [-0.15, -0.1) is 16.9 Å². The van der Waals surface area contributed by atoms with Crippen LogP contribution in [0.2, 0.25) is 5.02 Å². The maximum absolute atomic E-state index is 12.9. The van der Waals surface area contributed by atoms with Gasteiger partial charge in [-0.1, -0.05) is 47.1 Å². The van der Waals surface area contributed by atoms with Gasteiger partial charge in [-0.25, -0.2) is 10.1 Å². The van der Waals surface area contributed by atoms with Gasteiger partial charge in [-0.3, -0.25) is 4.79 Å². The summed E-state index contributed by atoms with van der Waals surface area (Å²) in [7, 11) is 0. The summed E-state index contributed by atoms with van der Waals surface area (Å²) in [5.41, 5.74) is 10.4. The smallest absolute Gasteiger partial charge is 0.293 e. The van der Waals surface area contributed by atoms with Crippen molar-refractivity contribution in [3.63, 3.8) is 0 Å². The van der Waals surface area contributed by atoms with Crippen molar-refractivity contribution in [2.24, 2.45) is 5.10 Å². The Morgan fingerprint density at radius 2 is 1.94 bits per heavy atom. The molecule has 1 amide bonds. The second kappa shape index (κ2) is 9.62. The SMILES string of the molecule is C/C(=N\NC(=O)c1nnn(-c2nonc2N)c1CSc1ccc(Cl)cc1)c1ccccc1. The normalized spacial score (nSPS) is 11.5. The van der Waals surface area contributed by atoms with Crippen LogP contribution in [0, 0.1) is 0 Å². The van der Waals surface area contributed by atoms with Crippen molar-refractivity contribution >= 4 is 40.8 Å². The number of anilines is 1. The molecule has 4 rings (SSSR count). The maximum atomic E-state index is 12.9. The molecule has 2 aromatic heterocycles. The van der Waals surface area contributed by atoms with Crippen molar-refractivity contribution < 1.29 is 9.42 Å². The number of thioether (sulfide) groups is 1. The van der Waals surface area contributed by atoms with Crippen LogP contribution in [0.4, 0.5) is 5.82 Å². The molecule has 2 aromatic carbocycles. The lowest BCUT2D eigenvalue weighted by Gasteiger charge is -2.06. The van der Waals surface area contributed by atoms with Crippen LogP contribution in [0.15, 0.2) is 69.2 Å². The number of rotatable bonds is 7. The fourth-order valence-corrected chi connectivity index (χ4v) is 3.75. The van der Waals surface area contributed by atoms with Crippen molar-refractivity contribution in [2.75, 3.05) is 5.73 Å². The number of nitrogen functional groups attached to an aromatic ring is 1. The number of hydrazone groups is 1. The van der Waals surface area contributed by atoms with Crippen LogP contribution in [0.1, 0.15) is 28.7 Å². The van der Waals surface area contributed by atoms with E-state index in [1.165, 1.54) is 16.4 Å². The summed E-state index contributed by atoms with van der Waals surface area (Å²) in [6, 6.07) is 16.8. The van der Waals surface area contributed by atoms with Crippen LogP contribution in [-0.4, -0.2) is 36.9 Å². The second-order valence-corrected chi connectivity index (χ2v) is 8.00. The topological polar surface area (TPSA) is 137 Å². The van der Waals surface area contributed by atoms with Crippen LogP contribution in [0.25, 0.3) is 5.82 Å². The van der Waals surface area contributed by atoms with Crippen molar-refractivity contribution in [3.8, 4) is 5.82 Å². The van der Waals surface area contributed by atoms with Crippen molar-refractivity contribution in [1.29, 1.82) is 0 Å². The number of hydrogen-bond donors (Lipinski definition) is 2. The molecule has 0 fully saturated rings. The summed E-state index contributed by atoms with van der Waals surface area (Å²) in [5, 5.41) is 20.2. The number of halogens is 1. The summed E-state index contributed by atoms with van der Waals surface area (Å²) >= 11 is 7.42. The zero-order valence-electron chi connectivity index (χ0n) is 16.8. The first-order valence-corrected chi connectivity index (χ1v) is 10.7. The van der Waals surface area contributed by atoms with Crippen LogP contribution >= 0.6 is 23.4 Å². The Kier molecular flexibility index (Phi) is 6.47. The highest BCUT2D eigenvalue weighted by Crippen LogP contribution is 2.27. The lowest BCUT2D eigenvalue weighted by atomic mass is 10.1. The Labute approximate surface area is 191 Å². The number of carbonyl (C=O) groups excluding carboxylic acids is 1. The third kappa shape index (κ3) is 4.79. The molecule has 0 radical (unpaired) electrons. The molecule has 0 aliphatic carbocycles. The third-order valence-corrected chi connectivity index (χ3v) is 5.66. The minimum absolute atomic E-state index is 0.0255. The minimum Gasteiger partial charge on any atom is -0.378 e. The molecule has 0 saturated heterocycles. The molecule has 10 nitrogen and oxygen atoms in total. The van der Waals surface area contributed by atoms with E-state index in [4.69, 9.17) is 17.3 Å². The maximum Gasteiger partial charge on any atom is 0.293 e. The molecule has 12 heteroatoms. The lowest BCUT2D eigenvalue weighted by Crippen LogP contribution is -2.21. The first kappa shape index (κ1) is 21.5. The van der Waals surface area contributed by atoms with E-state index in [2.05, 4.69) is 35.8 Å². The molecular weight excluding hydrogens is 452 g/mol. The van der Waals surface area contributed by atoms with Gasteiger partial charge in [0.2, 0.25) is 11.6 Å². The van der Waals surface area contributed by atoms with Crippen LogP contribution < -0.4 is 11.2 Å². The largest absolute Gasteiger partial charge is 0.378 e. The zero-order chi connectivity index (χ0) is 22.5. The standard InChI is InChI=1S/C20H17ClN8O2S/c1-12(13-5-3-2-4-6-13)23-25-20(30)17-16(11-32-15-9-7-14(21)8-10-15)29(28-24-17)19-18(22)26-31-27-19/h2-10H,11H2,1H3,(H2,22,26)(H,25,30)/b23-12+. The van der Waals surface area contributed by atoms with E-state index < -0.39 is 5.91 Å². The lowest BCUT2D eigenvalue weighted by molar-refractivity contribution is 0.0949. The Bertz CT molecular complexity index is 1250. The molecule has 0 atom stereocenters. The fraction of sp³-hybridized carbons (Fsp3) is 0.100. The number of nitrogens with one attached hydrogen (secondary N) is 1. The monoisotopic (exact) mass is 468 g/mol. The van der Waals surface area contributed by atoms with Gasteiger partial charge in [0.25, 0.3) is 5.91 Å². The predicted octanol–water partition coefficient (Wildman–Crippen LogP) is 3.33. The summed E-state index contributed by atoms with van der Waals surface area (Å²) in [6.45, 7) is 1.80. The van der Waals surface area contributed by atoms with Crippen molar-refractivity contribution in [3.05, 3.63) is 76.6 Å². The Hall–Kier alpha value is -3.70. The number of nitrogens with two attached hydrogens (primary N) is 1. The van der Waals surface area contributed by atoms with Crippen molar-refractivity contribution in [1.82, 2.24) is 30.7 Å². The third-order valence-electron chi connectivity index (χ3n) is 4.38. The molecule has 0 aliphatic heterocycles. The highest BCUT2D eigenvalue weighted by Gasteiger charge is 2.24. The second-order valence-electron chi connectivity index (χ2n) is 6.52. The average molecular weight is 469 g/mol. The number of benzene rings is 2. The highest BCUT2D eigenvalue weighted by molar-refractivity contribution is 7.98. The van der Waals surface area contributed by atoms with E-state index in [-0.39, 0.29) is 17.3 Å². The van der Waals surface area contributed by atoms with Crippen LogP contribution in [0.5, 0.6) is 0 Å². The van der Waals surface area contributed by atoms with E-state index in [0.29, 0.717) is 22.2 Å². The molecule has 32 heavy (non-hydrogen) atoms. The summed E-state index contributed by atoms with van der Waals surface area (Å²) in [4.78, 5) is 13.8. The molecule has 0 saturated carbocycles. The Balaban J connectivity index is 1.60. The van der Waals surface area contributed by atoms with Gasteiger partial charge < -0.3 is 5.73 Å². The zero-order valence-corrected chi connectivity index (χ0v) is 18.3. The molecule has 0 unspecified atom stereocenters. The summed E-state index contributed by atoms with van der Waals surface area (Å²) in [5.74, 6) is -0.0107. The molecule has 0 bridgehead atoms. The molecule has 0 spiro atoms. The molecule has 4 aromatic rings. The number of amides is 1. The predicted molar refractivity (Wildman–Crippen MR) is 121 cm³/mol. The molecule has 3 N–H and O–H groups in total. The van der Waals surface area contributed by atoms with Gasteiger partial charge in [-0.2, -0.15) is 9.78 Å². The first-order valence-electron chi connectivity index (χ1n) is 9.34. The van der Waals surface area contributed by atoms with Gasteiger partial charge in [-0.05, 0) is 47.1 Å². The average Bonchev–Trinajstić information content (AvgIpc) is 3.43. The minimum atomic E-state index is -0.520. The summed E-state index contributed by atoms with van der Waals surface area (Å²) < 4.78 is 6.00. The van der Waals surface area contributed by atoms with E-state index in [1.54, 1.807) is 19.1 Å². The van der Waals surface area contributed by atoms with Gasteiger partial charge >= 0.3 is 0 Å². The van der Waals surface area contributed by atoms with Gasteiger partial charge in [0.15, 0.2) is 5.69 Å². The van der Waals surface area contributed by atoms with E-state index in [1.807, 2.05) is 42.5 Å². The highest BCUT2D eigenvalue weighted by atomic mass is 35.5. The van der Waals surface area contributed by atoms with E-state index in [9.17, 15) is 4.79 Å². The van der Waals surface area contributed by atoms with E-state index in [0.717, 1.165) is 10.5 Å². The van der Waals surface area contributed by atoms with Gasteiger partial charge in [0.1, 0.15) is 0 Å². The van der Waals surface area contributed by atoms with Crippen LogP contribution in [-0.2, 0) is 5.75 Å². The van der Waals surface area contributed by atoms with Crippen LogP contribution in [0.3, 0.4) is 0 Å². The number of aromatic nitrogens is 5. The molecule has 162 valence electrons. The van der Waals surface area contributed by atoms with Gasteiger partial charge in [0, 0.05) is 15.7 Å². The summed E-state index contributed by atoms with van der Waals surface area (Å²) in [6.07, 6.45) is 0. The Morgan fingerprint density at radius 3 is 2.62 bits per heavy atom. The first-order chi connectivity index (χ1) is 15.5. The fourth-order valence-electron chi connectivity index (χ4n) is 2.73. The molecule has 0 aliphatic rings. The van der Waals surface area contributed by atoms with Gasteiger partial charge in [0.05, 0.1) is 11.4 Å². The molecular formula is C20H17ClN8O2S. The Morgan fingerprint density at radius 1 is 1.19 bits per heavy atom. The van der Waals surface area contributed by atoms with Crippen molar-refractivity contribution in [2.45, 2.75) is 17.6 Å². The van der Waals surface area contributed by atoms with E-state index >= 15 is 0 Å². The number of carbonyl (C=O) groups is 1. The quantitative estimate of drug-likeness (QED) is 0.239. The number of hydrogen-bond acceptors (Lipinski definition) is 9. The molecule has 2 heterocycles.